The second-order valence-corrected chi connectivity index (χ2v) is 7.41. The number of nitrogens with zero attached hydrogens (tertiary/aromatic N) is 1. The Balaban J connectivity index is 1.82. The molecular formula is C20H23N4O2S+. The van der Waals surface area contributed by atoms with E-state index in [1.54, 1.807) is 11.3 Å². The molecular weight excluding hydrogens is 360 g/mol. The molecule has 0 aliphatic rings. The molecule has 0 saturated carbocycles. The van der Waals surface area contributed by atoms with Crippen LogP contribution in [0, 0.1) is 0 Å². The molecule has 1 heterocycles. The summed E-state index contributed by atoms with van der Waals surface area (Å²) in [7, 11) is 1.95. The molecule has 140 valence electrons. The van der Waals surface area contributed by atoms with Crippen molar-refractivity contribution in [1.29, 1.82) is 0 Å². The van der Waals surface area contributed by atoms with Crippen LogP contribution in [0.15, 0.2) is 54.6 Å². The van der Waals surface area contributed by atoms with E-state index < -0.39 is 12.1 Å². The number of likely N-dealkylation sites (N-methyl/N-ethyl adjacent to an activating group) is 1. The van der Waals surface area contributed by atoms with Gasteiger partial charge in [-0.3, -0.25) is 10.1 Å². The minimum absolute atomic E-state index is 0.328. The van der Waals surface area contributed by atoms with Crippen LogP contribution in [0.2, 0.25) is 0 Å². The van der Waals surface area contributed by atoms with E-state index in [1.807, 2.05) is 68.6 Å². The molecule has 0 bridgehead atoms. The molecule has 0 spiro atoms. The Morgan fingerprint density at radius 3 is 2.52 bits per heavy atom. The van der Waals surface area contributed by atoms with Gasteiger partial charge in [0.25, 0.3) is 5.91 Å². The highest BCUT2D eigenvalue weighted by atomic mass is 32.1. The van der Waals surface area contributed by atoms with Crippen LogP contribution in [0.25, 0.3) is 10.2 Å². The second kappa shape index (κ2) is 8.75. The zero-order valence-corrected chi connectivity index (χ0v) is 16.2. The van der Waals surface area contributed by atoms with Gasteiger partial charge in [-0.2, -0.15) is 0 Å². The van der Waals surface area contributed by atoms with Crippen molar-refractivity contribution in [3.63, 3.8) is 0 Å². The minimum Gasteiger partial charge on any atom is -0.338 e. The number of hydrogen-bond acceptors (Lipinski definition) is 4. The molecule has 3 N–H and O–H groups in total. The van der Waals surface area contributed by atoms with Crippen molar-refractivity contribution in [2.45, 2.75) is 19.5 Å². The molecule has 2 atom stereocenters. The Labute approximate surface area is 162 Å². The number of aromatic nitrogens is 1. The van der Waals surface area contributed by atoms with Crippen molar-refractivity contribution in [3.8, 4) is 0 Å². The third kappa shape index (κ3) is 4.69. The number of imide groups is 1. The standard InChI is InChI=1S/C20H22N4O2S/c1-3-21-20(26)23-19(25)18(14-9-5-4-6-10-14)24(2)13-17-22-15-11-7-8-12-16(15)27-17/h4-12,18H,3,13H2,1-2H3,(H2,21,23,25,26)/p+1/t18-/m0/s1. The molecule has 1 aromatic heterocycles. The molecule has 0 aliphatic heterocycles. The highest BCUT2D eigenvalue weighted by Gasteiger charge is 2.31. The number of benzene rings is 2. The molecule has 7 heteroatoms. The minimum atomic E-state index is -0.513. The third-order valence-electron chi connectivity index (χ3n) is 4.23. The van der Waals surface area contributed by atoms with Gasteiger partial charge in [-0.05, 0) is 19.1 Å². The molecule has 0 saturated heterocycles. The van der Waals surface area contributed by atoms with Crippen molar-refractivity contribution in [2.75, 3.05) is 13.6 Å². The van der Waals surface area contributed by atoms with Crippen LogP contribution in [-0.4, -0.2) is 30.5 Å². The van der Waals surface area contributed by atoms with Crippen molar-refractivity contribution < 1.29 is 14.5 Å². The average molecular weight is 383 g/mol. The molecule has 2 aromatic carbocycles. The van der Waals surface area contributed by atoms with E-state index in [1.165, 1.54) is 0 Å². The number of hydrogen-bond donors (Lipinski definition) is 3. The normalized spacial score (nSPS) is 13.1. The van der Waals surface area contributed by atoms with Gasteiger partial charge >= 0.3 is 6.03 Å². The molecule has 27 heavy (non-hydrogen) atoms. The van der Waals surface area contributed by atoms with Gasteiger partial charge in [-0.15, -0.1) is 11.3 Å². The lowest BCUT2D eigenvalue weighted by Gasteiger charge is -2.23. The predicted molar refractivity (Wildman–Crippen MR) is 107 cm³/mol. The van der Waals surface area contributed by atoms with Gasteiger partial charge in [0.15, 0.2) is 6.04 Å². The molecule has 0 radical (unpaired) electrons. The van der Waals surface area contributed by atoms with Gasteiger partial charge in [0.2, 0.25) is 0 Å². The smallest absolute Gasteiger partial charge is 0.321 e. The number of urea groups is 1. The van der Waals surface area contributed by atoms with Gasteiger partial charge in [0, 0.05) is 12.1 Å². The van der Waals surface area contributed by atoms with E-state index in [4.69, 9.17) is 0 Å². The number of amides is 3. The maximum Gasteiger partial charge on any atom is 0.321 e. The van der Waals surface area contributed by atoms with Crippen LogP contribution in [-0.2, 0) is 11.3 Å². The van der Waals surface area contributed by atoms with Crippen LogP contribution in [0.1, 0.15) is 23.5 Å². The van der Waals surface area contributed by atoms with Crippen molar-refractivity contribution in [1.82, 2.24) is 15.6 Å². The molecule has 6 nitrogen and oxygen atoms in total. The summed E-state index contributed by atoms with van der Waals surface area (Å²) in [5.41, 5.74) is 1.83. The largest absolute Gasteiger partial charge is 0.338 e. The lowest BCUT2D eigenvalue weighted by atomic mass is 10.0. The van der Waals surface area contributed by atoms with Crippen LogP contribution in [0.4, 0.5) is 4.79 Å². The number of carbonyl (C=O) groups is 2. The molecule has 3 amide bonds. The maximum atomic E-state index is 12.8. The fourth-order valence-corrected chi connectivity index (χ4v) is 4.09. The Bertz CT molecular complexity index is 893. The summed E-state index contributed by atoms with van der Waals surface area (Å²) in [6, 6.07) is 16.5. The quantitative estimate of drug-likeness (QED) is 0.609. The monoisotopic (exact) mass is 383 g/mol. The van der Waals surface area contributed by atoms with Gasteiger partial charge in [0.1, 0.15) is 11.6 Å². The van der Waals surface area contributed by atoms with E-state index in [9.17, 15) is 9.59 Å². The van der Waals surface area contributed by atoms with Crippen LogP contribution in [0.5, 0.6) is 0 Å². The lowest BCUT2D eigenvalue weighted by Crippen LogP contribution is -3.09. The number of rotatable bonds is 6. The Morgan fingerprint density at radius 2 is 1.81 bits per heavy atom. The maximum absolute atomic E-state index is 12.8. The summed E-state index contributed by atoms with van der Waals surface area (Å²) in [4.78, 5) is 30.3. The first-order valence-corrected chi connectivity index (χ1v) is 9.70. The first-order chi connectivity index (χ1) is 13.1. The molecule has 0 aliphatic carbocycles. The van der Waals surface area contributed by atoms with E-state index in [0.717, 1.165) is 25.7 Å². The number of carbonyl (C=O) groups excluding carboxylic acids is 2. The van der Waals surface area contributed by atoms with Crippen molar-refractivity contribution in [2.24, 2.45) is 0 Å². The zero-order chi connectivity index (χ0) is 19.2. The SMILES string of the molecule is CCNC(=O)NC(=O)[C@H](c1ccccc1)[NH+](C)Cc1nc2ccccc2s1. The Hall–Kier alpha value is -2.77. The Morgan fingerprint density at radius 1 is 1.11 bits per heavy atom. The third-order valence-corrected chi connectivity index (χ3v) is 5.27. The van der Waals surface area contributed by atoms with Gasteiger partial charge in [-0.1, -0.05) is 42.5 Å². The molecule has 3 aromatic rings. The average Bonchev–Trinajstić information content (AvgIpc) is 3.05. The first-order valence-electron chi connectivity index (χ1n) is 8.89. The number of nitrogens with one attached hydrogen (secondary N) is 3. The summed E-state index contributed by atoms with van der Waals surface area (Å²) in [6.07, 6.45) is 0. The van der Waals surface area contributed by atoms with Crippen molar-refractivity contribution >= 4 is 33.5 Å². The summed E-state index contributed by atoms with van der Waals surface area (Å²) in [5.74, 6) is -0.328. The molecule has 0 fully saturated rings. The lowest BCUT2D eigenvalue weighted by molar-refractivity contribution is -0.916. The van der Waals surface area contributed by atoms with Crippen LogP contribution < -0.4 is 15.5 Å². The van der Waals surface area contributed by atoms with Gasteiger partial charge < -0.3 is 10.2 Å². The predicted octanol–water partition coefficient (Wildman–Crippen LogP) is 1.90. The Kier molecular flexibility index (Phi) is 6.16. The van der Waals surface area contributed by atoms with E-state index in [0.29, 0.717) is 13.1 Å². The fraction of sp³-hybridized carbons (Fsp3) is 0.250. The highest BCUT2D eigenvalue weighted by Crippen LogP contribution is 2.21. The number of quaternary nitrogens is 1. The topological polar surface area (TPSA) is 75.5 Å². The van der Waals surface area contributed by atoms with Crippen LogP contribution in [0.3, 0.4) is 0 Å². The second-order valence-electron chi connectivity index (χ2n) is 6.29. The summed E-state index contributed by atoms with van der Waals surface area (Å²) >= 11 is 1.63. The van der Waals surface area contributed by atoms with Gasteiger partial charge in [-0.25, -0.2) is 9.78 Å². The first kappa shape index (κ1) is 19.0. The van der Waals surface area contributed by atoms with Gasteiger partial charge in [0.05, 0.1) is 17.3 Å². The summed E-state index contributed by atoms with van der Waals surface area (Å²) in [5, 5.41) is 6.00. The van der Waals surface area contributed by atoms with E-state index in [-0.39, 0.29) is 5.91 Å². The summed E-state index contributed by atoms with van der Waals surface area (Å²) < 4.78 is 1.13. The number of para-hydroxylation sites is 1. The molecule has 1 unspecified atom stereocenters. The number of thiazole rings is 1. The highest BCUT2D eigenvalue weighted by molar-refractivity contribution is 7.18. The zero-order valence-electron chi connectivity index (χ0n) is 15.4. The van der Waals surface area contributed by atoms with E-state index in [2.05, 4.69) is 15.6 Å². The number of fused-ring (bicyclic) bond motifs is 1. The fourth-order valence-electron chi connectivity index (χ4n) is 3.03. The van der Waals surface area contributed by atoms with Crippen LogP contribution >= 0.6 is 11.3 Å². The molecule has 3 rings (SSSR count). The van der Waals surface area contributed by atoms with E-state index >= 15 is 0 Å². The van der Waals surface area contributed by atoms with Crippen molar-refractivity contribution in [3.05, 3.63) is 65.2 Å². The summed E-state index contributed by atoms with van der Waals surface area (Å²) in [6.45, 7) is 2.86.